The smallest absolute Gasteiger partial charge is 0.342 e. The molecule has 0 saturated carbocycles. The largest absolute Gasteiger partial charge is 0.459 e. The number of hydrogen-bond acceptors (Lipinski definition) is 8. The third-order valence-electron chi connectivity index (χ3n) is 3.77. The Labute approximate surface area is 172 Å². The Kier molecular flexibility index (Phi) is 11.4. The van der Waals surface area contributed by atoms with Gasteiger partial charge in [0.1, 0.15) is 11.6 Å². The number of esters is 1. The van der Waals surface area contributed by atoms with E-state index >= 15 is 0 Å². The molecule has 164 valence electrons. The summed E-state index contributed by atoms with van der Waals surface area (Å²) in [6.07, 6.45) is -0.444. The predicted molar refractivity (Wildman–Crippen MR) is 109 cm³/mol. The minimum Gasteiger partial charge on any atom is -0.459 e. The first-order chi connectivity index (χ1) is 13.7. The molecular weight excluding hydrogens is 378 g/mol. The van der Waals surface area contributed by atoms with Crippen LogP contribution < -0.4 is 11.1 Å². The van der Waals surface area contributed by atoms with Crippen LogP contribution in [0.25, 0.3) is 0 Å². The molecular formula is C20H33N3O6. The molecule has 0 aromatic heterocycles. The predicted octanol–water partition coefficient (Wildman–Crippen LogP) is 2.03. The van der Waals surface area contributed by atoms with Crippen LogP contribution in [0.3, 0.4) is 0 Å². The number of rotatable bonds is 8. The number of carbonyl (C=O) groups excluding carboxylic acids is 1. The topological polar surface area (TPSA) is 126 Å². The Bertz CT molecular complexity index is 590. The summed E-state index contributed by atoms with van der Waals surface area (Å²) in [7, 11) is 0. The molecule has 1 fully saturated rings. The van der Waals surface area contributed by atoms with E-state index in [4.69, 9.17) is 19.9 Å². The monoisotopic (exact) mass is 411 g/mol. The number of nitrogens with zero attached hydrogens (tertiary/aromatic N) is 1. The van der Waals surface area contributed by atoms with Gasteiger partial charge in [0.15, 0.2) is 0 Å². The van der Waals surface area contributed by atoms with E-state index in [1.54, 1.807) is 51.1 Å². The van der Waals surface area contributed by atoms with Crippen molar-refractivity contribution in [1.29, 1.82) is 0 Å². The van der Waals surface area contributed by atoms with Crippen LogP contribution in [0.1, 0.15) is 45.4 Å². The highest BCUT2D eigenvalue weighted by Crippen LogP contribution is 2.18. The van der Waals surface area contributed by atoms with E-state index in [0.717, 1.165) is 26.3 Å². The maximum Gasteiger partial charge on any atom is 0.342 e. The molecule has 9 heteroatoms. The summed E-state index contributed by atoms with van der Waals surface area (Å²) in [4.78, 5) is 22.3. The van der Waals surface area contributed by atoms with E-state index in [1.165, 1.54) is 0 Å². The van der Waals surface area contributed by atoms with E-state index in [2.05, 4.69) is 5.32 Å². The van der Waals surface area contributed by atoms with Gasteiger partial charge in [-0.3, -0.25) is 14.9 Å². The summed E-state index contributed by atoms with van der Waals surface area (Å²) in [5.41, 5.74) is 5.64. The van der Waals surface area contributed by atoms with Crippen LogP contribution in [0.15, 0.2) is 30.3 Å². The summed E-state index contributed by atoms with van der Waals surface area (Å²) >= 11 is 0. The van der Waals surface area contributed by atoms with Crippen molar-refractivity contribution in [2.24, 2.45) is 5.73 Å². The summed E-state index contributed by atoms with van der Waals surface area (Å²) in [5.74, 6) is -0.480. The lowest BCUT2D eigenvalue weighted by molar-refractivity contribution is -0.584. The zero-order valence-electron chi connectivity index (χ0n) is 17.5. The third kappa shape index (κ3) is 11.5. The molecule has 2 rings (SSSR count). The second-order valence-electron chi connectivity index (χ2n) is 7.56. The van der Waals surface area contributed by atoms with Crippen molar-refractivity contribution in [3.8, 4) is 0 Å². The van der Waals surface area contributed by atoms with E-state index in [-0.39, 0.29) is 6.61 Å². The third-order valence-corrected chi connectivity index (χ3v) is 3.77. The first-order valence-corrected chi connectivity index (χ1v) is 9.77. The summed E-state index contributed by atoms with van der Waals surface area (Å²) in [6, 6.07) is 7.73. The van der Waals surface area contributed by atoms with E-state index in [0.29, 0.717) is 18.4 Å². The normalized spacial score (nSPS) is 16.1. The number of carbonyl (C=O) groups is 1. The Hall–Kier alpha value is -2.07. The number of hydrogen-bond donors (Lipinski definition) is 2. The number of benzene rings is 1. The van der Waals surface area contributed by atoms with Gasteiger partial charge in [-0.15, -0.1) is 0 Å². The quantitative estimate of drug-likeness (QED) is 0.219. The second kappa shape index (κ2) is 13.2. The summed E-state index contributed by atoms with van der Waals surface area (Å²) in [5, 5.41) is 14.2. The number of nitrogens with one attached hydrogen (secondary N) is 1. The molecule has 0 spiro atoms. The highest BCUT2D eigenvalue weighted by Gasteiger charge is 2.24. The molecule has 2 unspecified atom stereocenters. The molecule has 9 nitrogen and oxygen atoms in total. The van der Waals surface area contributed by atoms with Crippen LogP contribution in [0.4, 0.5) is 0 Å². The van der Waals surface area contributed by atoms with Crippen molar-refractivity contribution >= 4 is 5.97 Å². The minimum absolute atomic E-state index is 0.136. The highest BCUT2D eigenvalue weighted by molar-refractivity contribution is 5.75. The average molecular weight is 411 g/mol. The lowest BCUT2D eigenvalue weighted by Gasteiger charge is -2.22. The van der Waals surface area contributed by atoms with Gasteiger partial charge in [0.05, 0.1) is 30.3 Å². The van der Waals surface area contributed by atoms with Crippen LogP contribution in [0.2, 0.25) is 0 Å². The van der Waals surface area contributed by atoms with Crippen LogP contribution in [-0.4, -0.2) is 55.4 Å². The van der Waals surface area contributed by atoms with Crippen molar-refractivity contribution in [2.75, 3.05) is 32.9 Å². The van der Waals surface area contributed by atoms with Crippen LogP contribution in [0, 0.1) is 10.1 Å². The SMILES string of the molecule is C1COCCN1.CC(C)(C)OC(=O)C(N)CCCOC(c1ccccc1)[N+](=O)[O-]. The van der Waals surface area contributed by atoms with Gasteiger partial charge in [-0.25, -0.2) is 0 Å². The van der Waals surface area contributed by atoms with Gasteiger partial charge in [-0.05, 0) is 45.7 Å². The van der Waals surface area contributed by atoms with Gasteiger partial charge in [0, 0.05) is 13.1 Å². The molecule has 1 aromatic carbocycles. The van der Waals surface area contributed by atoms with Gasteiger partial charge in [-0.1, -0.05) is 18.2 Å². The summed E-state index contributed by atoms with van der Waals surface area (Å²) in [6.45, 7) is 9.27. The van der Waals surface area contributed by atoms with E-state index in [1.807, 2.05) is 0 Å². The highest BCUT2D eigenvalue weighted by atomic mass is 16.7. The van der Waals surface area contributed by atoms with Crippen molar-refractivity contribution in [3.05, 3.63) is 46.0 Å². The molecule has 1 aromatic rings. The Morgan fingerprint density at radius 1 is 1.28 bits per heavy atom. The first kappa shape index (κ1) is 25.0. The van der Waals surface area contributed by atoms with Crippen molar-refractivity contribution in [3.63, 3.8) is 0 Å². The fraction of sp³-hybridized carbons (Fsp3) is 0.650. The first-order valence-electron chi connectivity index (χ1n) is 9.77. The molecule has 0 aliphatic carbocycles. The van der Waals surface area contributed by atoms with Gasteiger partial charge >= 0.3 is 12.2 Å². The van der Waals surface area contributed by atoms with Crippen LogP contribution in [-0.2, 0) is 19.0 Å². The fourth-order valence-corrected chi connectivity index (χ4v) is 2.41. The van der Waals surface area contributed by atoms with E-state index < -0.39 is 28.8 Å². The molecule has 3 N–H and O–H groups in total. The number of nitrogens with two attached hydrogens (primary N) is 1. The number of nitro groups is 1. The fourth-order valence-electron chi connectivity index (χ4n) is 2.41. The Morgan fingerprint density at radius 3 is 2.34 bits per heavy atom. The zero-order valence-corrected chi connectivity index (χ0v) is 17.5. The molecule has 1 aliphatic rings. The van der Waals surface area contributed by atoms with Gasteiger partial charge in [-0.2, -0.15) is 0 Å². The molecule has 0 amide bonds. The lowest BCUT2D eigenvalue weighted by Crippen LogP contribution is -2.37. The molecule has 2 atom stereocenters. The minimum atomic E-state index is -1.21. The Balaban J connectivity index is 0.000000594. The molecule has 0 radical (unpaired) electrons. The molecule has 1 saturated heterocycles. The van der Waals surface area contributed by atoms with Gasteiger partial charge in [0.2, 0.25) is 0 Å². The molecule has 0 bridgehead atoms. The second-order valence-corrected chi connectivity index (χ2v) is 7.56. The van der Waals surface area contributed by atoms with Gasteiger partial charge in [0.25, 0.3) is 0 Å². The summed E-state index contributed by atoms with van der Waals surface area (Å²) < 4.78 is 15.5. The number of morpholine rings is 1. The maximum atomic E-state index is 11.7. The zero-order chi connectivity index (χ0) is 21.7. The maximum absolute atomic E-state index is 11.7. The van der Waals surface area contributed by atoms with Crippen molar-refractivity contribution in [2.45, 2.75) is 51.5 Å². The van der Waals surface area contributed by atoms with Gasteiger partial charge < -0.3 is 25.3 Å². The van der Waals surface area contributed by atoms with Crippen molar-refractivity contribution in [1.82, 2.24) is 5.32 Å². The molecule has 29 heavy (non-hydrogen) atoms. The van der Waals surface area contributed by atoms with Crippen LogP contribution >= 0.6 is 0 Å². The number of ether oxygens (including phenoxy) is 3. The van der Waals surface area contributed by atoms with Crippen LogP contribution in [0.5, 0.6) is 0 Å². The van der Waals surface area contributed by atoms with Crippen molar-refractivity contribution < 1.29 is 23.9 Å². The molecule has 1 aliphatic heterocycles. The lowest BCUT2D eigenvalue weighted by atomic mass is 10.1. The molecule has 1 heterocycles. The Morgan fingerprint density at radius 2 is 1.90 bits per heavy atom. The standard InChI is InChI=1S/C16H24N2O5.C4H9NO/c1-16(2,3)23-15(19)13(17)10-7-11-22-14(18(20)21)12-8-5-4-6-9-12;1-3-6-4-2-5-1/h4-6,8-9,13-14H,7,10-11,17H2,1-3H3;5H,1-4H2. The van der Waals surface area contributed by atoms with E-state index in [9.17, 15) is 14.9 Å². The average Bonchev–Trinajstić information content (AvgIpc) is 2.68.